The fraction of sp³-hybridized carbons (Fsp3) is 0.136. The first kappa shape index (κ1) is 20.6. The third-order valence-electron chi connectivity index (χ3n) is 5.09. The Morgan fingerprint density at radius 3 is 2.67 bits per heavy atom. The fourth-order valence-corrected chi connectivity index (χ4v) is 3.53. The van der Waals surface area contributed by atoms with Crippen LogP contribution in [0.3, 0.4) is 0 Å². The van der Waals surface area contributed by atoms with Crippen LogP contribution in [0.25, 0.3) is 16.8 Å². The molecule has 33 heavy (non-hydrogen) atoms. The number of carbonyl (C=O) groups is 1. The zero-order chi connectivity index (χ0) is 23.2. The highest BCUT2D eigenvalue weighted by atomic mass is 19.4. The lowest BCUT2D eigenvalue weighted by molar-refractivity contribution is -0.137. The molecule has 0 atom stereocenters. The van der Waals surface area contributed by atoms with Crippen molar-refractivity contribution >= 4 is 17.1 Å². The number of ether oxygens (including phenoxy) is 2. The van der Waals surface area contributed by atoms with Gasteiger partial charge < -0.3 is 19.4 Å². The van der Waals surface area contributed by atoms with E-state index in [0.29, 0.717) is 22.8 Å². The van der Waals surface area contributed by atoms with Crippen LogP contribution in [0.1, 0.15) is 5.56 Å². The maximum Gasteiger partial charge on any atom is 0.418 e. The number of rotatable bonds is 4. The molecule has 11 heteroatoms. The summed E-state index contributed by atoms with van der Waals surface area (Å²) >= 11 is 0. The molecule has 0 spiro atoms. The number of carbonyl (C=O) groups excluding carboxylic acids is 1. The fourth-order valence-electron chi connectivity index (χ4n) is 3.53. The molecule has 0 fully saturated rings. The van der Waals surface area contributed by atoms with Gasteiger partial charge in [0.1, 0.15) is 12.1 Å². The molecule has 0 bridgehead atoms. The Kier molecular flexibility index (Phi) is 4.81. The standard InChI is InChI=1S/C22H15F3N4O4/c23-22(24,25)14-3-1-2-4-15(14)26-20(30)11-28-7-8-29-17(21(28)31)10-16(27-29)13-5-6-18-19(9-13)33-12-32-18/h1-10H,11-12H2,(H,26,30). The van der Waals surface area contributed by atoms with E-state index < -0.39 is 29.8 Å². The topological polar surface area (TPSA) is 86.9 Å². The van der Waals surface area contributed by atoms with Gasteiger partial charge >= 0.3 is 6.18 Å². The van der Waals surface area contributed by atoms with E-state index in [1.54, 1.807) is 24.3 Å². The Labute approximate surface area is 183 Å². The second-order valence-corrected chi connectivity index (χ2v) is 7.25. The molecule has 1 amide bonds. The van der Waals surface area contributed by atoms with Crippen LogP contribution in [-0.4, -0.2) is 26.9 Å². The number of amides is 1. The average molecular weight is 456 g/mol. The Morgan fingerprint density at radius 1 is 1.06 bits per heavy atom. The van der Waals surface area contributed by atoms with Crippen molar-refractivity contribution in [1.82, 2.24) is 14.2 Å². The van der Waals surface area contributed by atoms with Gasteiger partial charge in [0.15, 0.2) is 11.5 Å². The van der Waals surface area contributed by atoms with Gasteiger partial charge in [-0.3, -0.25) is 9.59 Å². The highest BCUT2D eigenvalue weighted by molar-refractivity contribution is 5.91. The molecule has 0 unspecified atom stereocenters. The Hall–Kier alpha value is -4.28. The smallest absolute Gasteiger partial charge is 0.418 e. The number of anilines is 1. The first-order valence-electron chi connectivity index (χ1n) is 9.74. The third kappa shape index (κ3) is 3.88. The lowest BCUT2D eigenvalue weighted by Crippen LogP contribution is -2.28. The summed E-state index contributed by atoms with van der Waals surface area (Å²) in [7, 11) is 0. The van der Waals surface area contributed by atoms with Crippen molar-refractivity contribution in [3.05, 3.63) is 76.8 Å². The summed E-state index contributed by atoms with van der Waals surface area (Å²) in [6.45, 7) is -0.337. The van der Waals surface area contributed by atoms with Crippen LogP contribution in [0.15, 0.2) is 65.7 Å². The van der Waals surface area contributed by atoms with Crippen molar-refractivity contribution in [2.24, 2.45) is 0 Å². The summed E-state index contributed by atoms with van der Waals surface area (Å²) < 4.78 is 52.6. The molecule has 1 aliphatic rings. The molecule has 0 saturated carbocycles. The van der Waals surface area contributed by atoms with E-state index >= 15 is 0 Å². The largest absolute Gasteiger partial charge is 0.454 e. The predicted molar refractivity (Wildman–Crippen MR) is 111 cm³/mol. The number of benzene rings is 2. The summed E-state index contributed by atoms with van der Waals surface area (Å²) in [5.74, 6) is 0.411. The SMILES string of the molecule is O=C(Cn1ccn2nc(-c3ccc4c(c3)OCO4)cc2c1=O)Nc1ccccc1C(F)(F)F. The van der Waals surface area contributed by atoms with Crippen molar-refractivity contribution in [3.8, 4) is 22.8 Å². The van der Waals surface area contributed by atoms with Gasteiger partial charge in [-0.1, -0.05) is 12.1 Å². The first-order chi connectivity index (χ1) is 15.8. The molecule has 0 radical (unpaired) electrons. The summed E-state index contributed by atoms with van der Waals surface area (Å²) in [6, 6.07) is 11.5. The maximum absolute atomic E-state index is 13.1. The number of nitrogens with zero attached hydrogens (tertiary/aromatic N) is 3. The van der Waals surface area contributed by atoms with Crippen molar-refractivity contribution in [2.45, 2.75) is 12.7 Å². The lowest BCUT2D eigenvalue weighted by atomic mass is 10.1. The predicted octanol–water partition coefficient (Wildman–Crippen LogP) is 3.55. The normalized spacial score (nSPS) is 12.8. The highest BCUT2D eigenvalue weighted by Crippen LogP contribution is 2.36. The van der Waals surface area contributed by atoms with Crippen LogP contribution in [-0.2, 0) is 17.5 Å². The zero-order valence-electron chi connectivity index (χ0n) is 16.8. The zero-order valence-corrected chi connectivity index (χ0v) is 16.8. The average Bonchev–Trinajstić information content (AvgIpc) is 3.42. The third-order valence-corrected chi connectivity index (χ3v) is 5.09. The Morgan fingerprint density at radius 2 is 1.85 bits per heavy atom. The van der Waals surface area contributed by atoms with E-state index in [0.717, 1.165) is 16.7 Å². The quantitative estimate of drug-likeness (QED) is 0.508. The molecule has 2 aromatic heterocycles. The van der Waals surface area contributed by atoms with Crippen LogP contribution < -0.4 is 20.3 Å². The summed E-state index contributed by atoms with van der Waals surface area (Å²) in [5.41, 5.74) is -0.448. The molecule has 3 heterocycles. The number of halogens is 3. The number of hydrogen-bond donors (Lipinski definition) is 1. The van der Waals surface area contributed by atoms with Gasteiger partial charge in [0, 0.05) is 18.0 Å². The van der Waals surface area contributed by atoms with E-state index in [1.807, 2.05) is 0 Å². The molecule has 168 valence electrons. The van der Waals surface area contributed by atoms with Crippen LogP contribution >= 0.6 is 0 Å². The van der Waals surface area contributed by atoms with Gasteiger partial charge in [-0.2, -0.15) is 18.3 Å². The number of hydrogen-bond acceptors (Lipinski definition) is 5. The summed E-state index contributed by atoms with van der Waals surface area (Å²) in [4.78, 5) is 25.3. The summed E-state index contributed by atoms with van der Waals surface area (Å²) in [5, 5.41) is 6.61. The van der Waals surface area contributed by atoms with Crippen LogP contribution in [0.5, 0.6) is 11.5 Å². The van der Waals surface area contributed by atoms with E-state index in [9.17, 15) is 22.8 Å². The minimum Gasteiger partial charge on any atom is -0.454 e. The second-order valence-electron chi connectivity index (χ2n) is 7.25. The van der Waals surface area contributed by atoms with Crippen molar-refractivity contribution in [3.63, 3.8) is 0 Å². The molecular formula is C22H15F3N4O4. The minimum atomic E-state index is -4.62. The molecule has 5 rings (SSSR count). The van der Waals surface area contributed by atoms with E-state index in [1.165, 1.54) is 29.0 Å². The molecule has 2 aromatic carbocycles. The van der Waals surface area contributed by atoms with Crippen LogP contribution in [0.4, 0.5) is 18.9 Å². The number of alkyl halides is 3. The maximum atomic E-state index is 13.1. The van der Waals surface area contributed by atoms with Gasteiger partial charge in [-0.05, 0) is 36.4 Å². The molecule has 0 aliphatic carbocycles. The number of nitrogens with one attached hydrogen (secondary N) is 1. The second kappa shape index (κ2) is 7.69. The number of para-hydroxylation sites is 1. The van der Waals surface area contributed by atoms with Gasteiger partial charge in [0.25, 0.3) is 5.56 Å². The number of fused-ring (bicyclic) bond motifs is 2. The van der Waals surface area contributed by atoms with E-state index in [2.05, 4.69) is 10.4 Å². The Balaban J connectivity index is 1.40. The van der Waals surface area contributed by atoms with Crippen molar-refractivity contribution in [1.29, 1.82) is 0 Å². The van der Waals surface area contributed by atoms with Gasteiger partial charge in [0.2, 0.25) is 12.7 Å². The first-order valence-corrected chi connectivity index (χ1v) is 9.74. The highest BCUT2D eigenvalue weighted by Gasteiger charge is 2.33. The molecule has 1 N–H and O–H groups in total. The van der Waals surface area contributed by atoms with E-state index in [-0.39, 0.29) is 18.0 Å². The molecule has 0 saturated heterocycles. The summed E-state index contributed by atoms with van der Waals surface area (Å²) in [6.07, 6.45) is -1.78. The van der Waals surface area contributed by atoms with E-state index in [4.69, 9.17) is 9.47 Å². The molecular weight excluding hydrogens is 441 g/mol. The lowest BCUT2D eigenvalue weighted by Gasteiger charge is -2.14. The van der Waals surface area contributed by atoms with Crippen molar-refractivity contribution in [2.75, 3.05) is 12.1 Å². The molecule has 1 aliphatic heterocycles. The van der Waals surface area contributed by atoms with Gasteiger partial charge in [0.05, 0.1) is 16.9 Å². The van der Waals surface area contributed by atoms with Crippen LogP contribution in [0, 0.1) is 0 Å². The van der Waals surface area contributed by atoms with Gasteiger partial charge in [-0.25, -0.2) is 4.52 Å². The monoisotopic (exact) mass is 456 g/mol. The van der Waals surface area contributed by atoms with Crippen molar-refractivity contribution < 1.29 is 27.4 Å². The van der Waals surface area contributed by atoms with Crippen LogP contribution in [0.2, 0.25) is 0 Å². The Bertz CT molecular complexity index is 1440. The van der Waals surface area contributed by atoms with Gasteiger partial charge in [-0.15, -0.1) is 0 Å². The number of aromatic nitrogens is 3. The minimum absolute atomic E-state index is 0.129. The molecule has 4 aromatic rings. The molecule has 8 nitrogen and oxygen atoms in total.